The molecule has 7 heteroatoms. The molecule has 0 radical (unpaired) electrons. The average Bonchev–Trinajstić information content (AvgIpc) is 3.16. The van der Waals surface area contributed by atoms with Crippen LogP contribution in [0.15, 0.2) is 42.5 Å². The fourth-order valence-electron chi connectivity index (χ4n) is 4.26. The minimum absolute atomic E-state index is 0.0735. The maximum atomic E-state index is 12.9. The van der Waals surface area contributed by atoms with Gasteiger partial charge in [0, 0.05) is 37.5 Å². The Hall–Kier alpha value is -3.09. The molecular formula is C23H27N5O2. The summed E-state index contributed by atoms with van der Waals surface area (Å²) in [7, 11) is 0. The van der Waals surface area contributed by atoms with Gasteiger partial charge in [-0.15, -0.1) is 0 Å². The van der Waals surface area contributed by atoms with Crippen LogP contribution >= 0.6 is 0 Å². The van der Waals surface area contributed by atoms with E-state index in [9.17, 15) is 4.79 Å². The first-order chi connectivity index (χ1) is 14.7. The molecule has 2 saturated heterocycles. The molecule has 5 rings (SSSR count). The first kappa shape index (κ1) is 18.9. The number of hydrogen-bond donors (Lipinski definition) is 0. The van der Waals surface area contributed by atoms with Crippen LogP contribution in [0.4, 0.5) is 10.6 Å². The van der Waals surface area contributed by atoms with Crippen molar-refractivity contribution in [3.63, 3.8) is 0 Å². The van der Waals surface area contributed by atoms with E-state index >= 15 is 0 Å². The molecule has 0 unspecified atom stereocenters. The molecule has 0 bridgehead atoms. The molecule has 0 saturated carbocycles. The van der Waals surface area contributed by atoms with Crippen molar-refractivity contribution in [2.45, 2.75) is 45.3 Å². The van der Waals surface area contributed by atoms with Crippen LogP contribution in [0.5, 0.6) is 0 Å². The first-order valence-corrected chi connectivity index (χ1v) is 10.8. The van der Waals surface area contributed by atoms with Crippen molar-refractivity contribution in [3.8, 4) is 0 Å². The summed E-state index contributed by atoms with van der Waals surface area (Å²) in [5.41, 5.74) is 3.78. The van der Waals surface area contributed by atoms with E-state index in [4.69, 9.17) is 14.8 Å². The molecule has 2 aromatic heterocycles. The highest BCUT2D eigenvalue weighted by molar-refractivity contribution is 5.68. The SMILES string of the molecule is Cc1cc(N2CCC2)nc2cc([C@@H]3CCCCN3C(=O)OCc3ccccc3)nn12. The molecule has 1 amide bonds. The van der Waals surface area contributed by atoms with E-state index in [-0.39, 0.29) is 18.7 Å². The second kappa shape index (κ2) is 7.97. The normalized spacial score (nSPS) is 19.0. The first-order valence-electron chi connectivity index (χ1n) is 10.8. The minimum atomic E-state index is -0.272. The number of rotatable bonds is 4. The van der Waals surface area contributed by atoms with E-state index in [2.05, 4.69) is 17.9 Å². The van der Waals surface area contributed by atoms with E-state index in [1.165, 1.54) is 6.42 Å². The molecule has 2 fully saturated rings. The minimum Gasteiger partial charge on any atom is -0.445 e. The number of carbonyl (C=O) groups is 1. The molecule has 7 nitrogen and oxygen atoms in total. The molecule has 0 N–H and O–H groups in total. The largest absolute Gasteiger partial charge is 0.445 e. The summed E-state index contributed by atoms with van der Waals surface area (Å²) in [6.45, 7) is 5.16. The van der Waals surface area contributed by atoms with Crippen LogP contribution in [-0.2, 0) is 11.3 Å². The summed E-state index contributed by atoms with van der Waals surface area (Å²) in [6.07, 6.45) is 3.90. The summed E-state index contributed by atoms with van der Waals surface area (Å²) in [5.74, 6) is 1.01. The number of carbonyl (C=O) groups excluding carboxylic acids is 1. The molecule has 3 aromatic rings. The Labute approximate surface area is 176 Å². The standard InChI is InChI=1S/C23H27N5O2/c1-17-14-21(26-11-7-12-26)24-22-15-19(25-28(17)22)20-10-5-6-13-27(20)23(29)30-16-18-8-3-2-4-9-18/h2-4,8-9,14-15,20H,5-7,10-13,16H2,1H3/t20-/m0/s1. The highest BCUT2D eigenvalue weighted by atomic mass is 16.6. The Morgan fingerprint density at radius 1 is 1.10 bits per heavy atom. The summed E-state index contributed by atoms with van der Waals surface area (Å²) >= 11 is 0. The van der Waals surface area contributed by atoms with Crippen molar-refractivity contribution in [3.05, 3.63) is 59.4 Å². The fraction of sp³-hybridized carbons (Fsp3) is 0.435. The van der Waals surface area contributed by atoms with Gasteiger partial charge in [0.15, 0.2) is 5.65 Å². The third-order valence-electron chi connectivity index (χ3n) is 6.07. The summed E-state index contributed by atoms with van der Waals surface area (Å²) < 4.78 is 7.51. The zero-order valence-corrected chi connectivity index (χ0v) is 17.3. The van der Waals surface area contributed by atoms with Gasteiger partial charge in [-0.2, -0.15) is 5.10 Å². The van der Waals surface area contributed by atoms with E-state index < -0.39 is 0 Å². The van der Waals surface area contributed by atoms with Gasteiger partial charge in [-0.25, -0.2) is 14.3 Å². The Balaban J connectivity index is 1.37. The van der Waals surface area contributed by atoms with E-state index in [0.717, 1.165) is 60.8 Å². The summed E-state index contributed by atoms with van der Waals surface area (Å²) in [6, 6.07) is 13.8. The van der Waals surface area contributed by atoms with Gasteiger partial charge in [0.2, 0.25) is 0 Å². The maximum Gasteiger partial charge on any atom is 0.410 e. The maximum absolute atomic E-state index is 12.9. The highest BCUT2D eigenvalue weighted by Gasteiger charge is 2.31. The number of nitrogens with zero attached hydrogens (tertiary/aromatic N) is 5. The molecule has 156 valence electrons. The number of benzene rings is 1. The Morgan fingerprint density at radius 3 is 2.70 bits per heavy atom. The predicted octanol–water partition coefficient (Wildman–Crippen LogP) is 4.11. The van der Waals surface area contributed by atoms with Crippen LogP contribution in [0.3, 0.4) is 0 Å². The van der Waals surface area contributed by atoms with Crippen molar-refractivity contribution >= 4 is 17.6 Å². The summed E-state index contributed by atoms with van der Waals surface area (Å²) in [5, 5.41) is 4.82. The van der Waals surface area contributed by atoms with Crippen molar-refractivity contribution in [1.29, 1.82) is 0 Å². The molecule has 30 heavy (non-hydrogen) atoms. The lowest BCUT2D eigenvalue weighted by Crippen LogP contribution is -2.39. The zero-order chi connectivity index (χ0) is 20.5. The molecular weight excluding hydrogens is 378 g/mol. The van der Waals surface area contributed by atoms with Crippen molar-refractivity contribution in [2.24, 2.45) is 0 Å². The van der Waals surface area contributed by atoms with Gasteiger partial charge in [0.1, 0.15) is 12.4 Å². The van der Waals surface area contributed by atoms with Gasteiger partial charge in [-0.1, -0.05) is 30.3 Å². The molecule has 1 atom stereocenters. The van der Waals surface area contributed by atoms with Crippen molar-refractivity contribution < 1.29 is 9.53 Å². The third-order valence-corrected chi connectivity index (χ3v) is 6.07. The fourth-order valence-corrected chi connectivity index (χ4v) is 4.26. The van der Waals surface area contributed by atoms with Gasteiger partial charge in [0.05, 0.1) is 11.7 Å². The van der Waals surface area contributed by atoms with E-state index in [1.54, 1.807) is 0 Å². The molecule has 0 spiro atoms. The van der Waals surface area contributed by atoms with Crippen LogP contribution in [0.25, 0.3) is 5.65 Å². The molecule has 2 aliphatic rings. The van der Waals surface area contributed by atoms with Crippen LogP contribution in [0.1, 0.15) is 48.7 Å². The summed E-state index contributed by atoms with van der Waals surface area (Å²) in [4.78, 5) is 21.8. The Kier molecular flexibility index (Phi) is 5.02. The van der Waals surface area contributed by atoms with Crippen LogP contribution in [0.2, 0.25) is 0 Å². The third kappa shape index (κ3) is 3.60. The number of aromatic nitrogens is 3. The van der Waals surface area contributed by atoms with E-state index in [1.807, 2.05) is 45.8 Å². The average molecular weight is 406 g/mol. The number of likely N-dealkylation sites (tertiary alicyclic amines) is 1. The number of piperidine rings is 1. The smallest absolute Gasteiger partial charge is 0.410 e. The van der Waals surface area contributed by atoms with Crippen LogP contribution in [-0.4, -0.2) is 45.2 Å². The lowest BCUT2D eigenvalue weighted by molar-refractivity contribution is 0.0668. The van der Waals surface area contributed by atoms with Gasteiger partial charge in [-0.3, -0.25) is 4.90 Å². The number of hydrogen-bond acceptors (Lipinski definition) is 5. The van der Waals surface area contributed by atoms with Gasteiger partial charge in [-0.05, 0) is 38.2 Å². The quantitative estimate of drug-likeness (QED) is 0.654. The number of aryl methyl sites for hydroxylation is 1. The molecule has 4 heterocycles. The van der Waals surface area contributed by atoms with Gasteiger partial charge >= 0.3 is 6.09 Å². The number of anilines is 1. The number of amides is 1. The molecule has 0 aliphatic carbocycles. The molecule has 2 aliphatic heterocycles. The van der Waals surface area contributed by atoms with Crippen LogP contribution in [0, 0.1) is 6.92 Å². The topological polar surface area (TPSA) is 63.0 Å². The van der Waals surface area contributed by atoms with Crippen molar-refractivity contribution in [2.75, 3.05) is 24.5 Å². The predicted molar refractivity (Wildman–Crippen MR) is 114 cm³/mol. The van der Waals surface area contributed by atoms with Gasteiger partial charge < -0.3 is 9.64 Å². The lowest BCUT2D eigenvalue weighted by atomic mass is 10.00. The number of fused-ring (bicyclic) bond motifs is 1. The Bertz CT molecular complexity index is 1040. The highest BCUT2D eigenvalue weighted by Crippen LogP contribution is 2.32. The van der Waals surface area contributed by atoms with Crippen molar-refractivity contribution in [1.82, 2.24) is 19.5 Å². The number of ether oxygens (including phenoxy) is 1. The van der Waals surface area contributed by atoms with Gasteiger partial charge in [0.25, 0.3) is 0 Å². The monoisotopic (exact) mass is 405 g/mol. The second-order valence-electron chi connectivity index (χ2n) is 8.18. The Morgan fingerprint density at radius 2 is 1.93 bits per heavy atom. The second-order valence-corrected chi connectivity index (χ2v) is 8.18. The lowest BCUT2D eigenvalue weighted by Gasteiger charge is -2.33. The van der Waals surface area contributed by atoms with E-state index in [0.29, 0.717) is 6.54 Å². The zero-order valence-electron chi connectivity index (χ0n) is 17.3. The molecule has 1 aromatic carbocycles. The van der Waals surface area contributed by atoms with Crippen LogP contribution < -0.4 is 4.90 Å².